The van der Waals surface area contributed by atoms with Crippen molar-refractivity contribution in [1.82, 2.24) is 4.90 Å². The smallest absolute Gasteiger partial charge is 0.227 e. The number of piperidine rings is 1. The van der Waals surface area contributed by atoms with Gasteiger partial charge >= 0.3 is 0 Å². The number of hydrogen-bond donors (Lipinski definition) is 1. The number of likely N-dealkylation sites (tertiary alicyclic amines) is 1. The summed E-state index contributed by atoms with van der Waals surface area (Å²) < 4.78 is 10.5. The Bertz CT molecular complexity index is 490. The Morgan fingerprint density at radius 2 is 2.05 bits per heavy atom. The average molecular weight is 292 g/mol. The van der Waals surface area contributed by atoms with E-state index in [1.165, 1.54) is 0 Å². The normalized spacial score (nSPS) is 18.4. The fourth-order valence-electron chi connectivity index (χ4n) is 2.84. The van der Waals surface area contributed by atoms with Crippen LogP contribution in [0.3, 0.4) is 0 Å². The van der Waals surface area contributed by atoms with Gasteiger partial charge in [0.1, 0.15) is 0 Å². The van der Waals surface area contributed by atoms with Crippen LogP contribution in [0.5, 0.6) is 11.5 Å². The van der Waals surface area contributed by atoms with Gasteiger partial charge in [0, 0.05) is 19.1 Å². The highest BCUT2D eigenvalue weighted by Gasteiger charge is 2.25. The van der Waals surface area contributed by atoms with E-state index in [1.54, 1.807) is 14.2 Å². The van der Waals surface area contributed by atoms with Gasteiger partial charge in [0.25, 0.3) is 0 Å². The monoisotopic (exact) mass is 292 g/mol. The Hall–Kier alpha value is -1.75. The van der Waals surface area contributed by atoms with E-state index in [2.05, 4.69) is 0 Å². The molecule has 5 heteroatoms. The zero-order valence-electron chi connectivity index (χ0n) is 12.8. The van der Waals surface area contributed by atoms with Gasteiger partial charge in [0.05, 0.1) is 20.6 Å². The quantitative estimate of drug-likeness (QED) is 0.895. The molecular weight excluding hydrogens is 268 g/mol. The van der Waals surface area contributed by atoms with Crippen molar-refractivity contribution >= 4 is 5.91 Å². The maximum atomic E-state index is 12.5. The number of benzene rings is 1. The lowest BCUT2D eigenvalue weighted by atomic mass is 10.0. The summed E-state index contributed by atoms with van der Waals surface area (Å²) in [4.78, 5) is 14.4. The van der Waals surface area contributed by atoms with Crippen molar-refractivity contribution in [2.45, 2.75) is 31.7 Å². The van der Waals surface area contributed by atoms with Gasteiger partial charge < -0.3 is 20.1 Å². The second-order valence-electron chi connectivity index (χ2n) is 5.34. The van der Waals surface area contributed by atoms with Crippen molar-refractivity contribution in [3.05, 3.63) is 23.8 Å². The number of ether oxygens (including phenoxy) is 2. The highest BCUT2D eigenvalue weighted by atomic mass is 16.5. The number of nitrogens with two attached hydrogens (primary N) is 1. The number of carbonyl (C=O) groups excluding carboxylic acids is 1. The maximum Gasteiger partial charge on any atom is 0.227 e. The van der Waals surface area contributed by atoms with Crippen molar-refractivity contribution < 1.29 is 14.3 Å². The Morgan fingerprint density at radius 3 is 2.71 bits per heavy atom. The molecule has 1 aromatic rings. The summed E-state index contributed by atoms with van der Waals surface area (Å²) in [5, 5.41) is 0. The summed E-state index contributed by atoms with van der Waals surface area (Å²) in [7, 11) is 3.20. The Labute approximate surface area is 126 Å². The van der Waals surface area contributed by atoms with Crippen LogP contribution >= 0.6 is 0 Å². The summed E-state index contributed by atoms with van der Waals surface area (Å²) in [6.45, 7) is 1.35. The van der Waals surface area contributed by atoms with E-state index in [1.807, 2.05) is 23.1 Å². The van der Waals surface area contributed by atoms with Gasteiger partial charge in [-0.2, -0.15) is 0 Å². The molecule has 0 aliphatic carbocycles. The first-order valence-electron chi connectivity index (χ1n) is 7.40. The van der Waals surface area contributed by atoms with Crippen LogP contribution in [0.4, 0.5) is 0 Å². The Balaban J connectivity index is 2.08. The first-order chi connectivity index (χ1) is 10.2. The molecule has 1 heterocycles. The zero-order valence-corrected chi connectivity index (χ0v) is 12.8. The standard InChI is InChI=1S/C16H24N2O3/c1-20-14-7-6-12(9-15(14)21-2)10-16(19)18-8-4-3-5-13(18)11-17/h6-7,9,13H,3-5,8,10-11,17H2,1-2H3. The van der Waals surface area contributed by atoms with Crippen LogP contribution in [0.25, 0.3) is 0 Å². The molecule has 0 spiro atoms. The number of methoxy groups -OCH3 is 2. The molecule has 1 aromatic carbocycles. The molecular formula is C16H24N2O3. The van der Waals surface area contributed by atoms with Gasteiger partial charge in [0.15, 0.2) is 11.5 Å². The highest BCUT2D eigenvalue weighted by molar-refractivity contribution is 5.79. The molecule has 5 nitrogen and oxygen atoms in total. The van der Waals surface area contributed by atoms with Gasteiger partial charge in [-0.1, -0.05) is 6.07 Å². The molecule has 1 atom stereocenters. The molecule has 1 aliphatic heterocycles. The van der Waals surface area contributed by atoms with E-state index in [9.17, 15) is 4.79 Å². The maximum absolute atomic E-state index is 12.5. The molecule has 21 heavy (non-hydrogen) atoms. The summed E-state index contributed by atoms with van der Waals surface area (Å²) in [6, 6.07) is 5.78. The lowest BCUT2D eigenvalue weighted by Gasteiger charge is -2.35. The van der Waals surface area contributed by atoms with Crippen molar-refractivity contribution in [3.63, 3.8) is 0 Å². The van der Waals surface area contributed by atoms with Gasteiger partial charge in [0.2, 0.25) is 5.91 Å². The number of rotatable bonds is 5. The Morgan fingerprint density at radius 1 is 1.29 bits per heavy atom. The van der Waals surface area contributed by atoms with E-state index in [0.29, 0.717) is 24.5 Å². The number of carbonyl (C=O) groups is 1. The van der Waals surface area contributed by atoms with Crippen molar-refractivity contribution in [3.8, 4) is 11.5 Å². The van der Waals surface area contributed by atoms with Crippen molar-refractivity contribution in [2.24, 2.45) is 5.73 Å². The molecule has 2 N–H and O–H groups in total. The first kappa shape index (κ1) is 15.6. The molecule has 116 valence electrons. The minimum atomic E-state index is 0.136. The van der Waals surface area contributed by atoms with Crippen LogP contribution in [0.15, 0.2) is 18.2 Å². The van der Waals surface area contributed by atoms with E-state index in [-0.39, 0.29) is 11.9 Å². The number of amides is 1. The molecule has 1 aliphatic rings. The third-order valence-corrected chi connectivity index (χ3v) is 4.02. The van der Waals surface area contributed by atoms with Crippen LogP contribution in [-0.2, 0) is 11.2 Å². The zero-order chi connectivity index (χ0) is 15.2. The largest absolute Gasteiger partial charge is 0.493 e. The molecule has 1 amide bonds. The second kappa shape index (κ2) is 7.31. The summed E-state index contributed by atoms with van der Waals surface area (Å²) >= 11 is 0. The summed E-state index contributed by atoms with van der Waals surface area (Å²) in [5.74, 6) is 1.46. The molecule has 0 radical (unpaired) electrons. The minimum absolute atomic E-state index is 0.136. The average Bonchev–Trinajstić information content (AvgIpc) is 2.54. The molecule has 0 saturated carbocycles. The molecule has 2 rings (SSSR count). The van der Waals surface area contributed by atoms with Crippen LogP contribution < -0.4 is 15.2 Å². The fraction of sp³-hybridized carbons (Fsp3) is 0.562. The van der Waals surface area contributed by atoms with Crippen LogP contribution in [0, 0.1) is 0 Å². The third-order valence-electron chi connectivity index (χ3n) is 4.02. The number of hydrogen-bond acceptors (Lipinski definition) is 4. The molecule has 1 fully saturated rings. The van der Waals surface area contributed by atoms with Crippen LogP contribution in [-0.4, -0.2) is 44.2 Å². The molecule has 1 unspecified atom stereocenters. The number of nitrogens with zero attached hydrogens (tertiary/aromatic N) is 1. The topological polar surface area (TPSA) is 64.8 Å². The predicted molar refractivity (Wildman–Crippen MR) is 81.7 cm³/mol. The van der Waals surface area contributed by atoms with Gasteiger partial charge in [-0.25, -0.2) is 0 Å². The van der Waals surface area contributed by atoms with E-state index >= 15 is 0 Å². The summed E-state index contributed by atoms with van der Waals surface area (Å²) in [5.41, 5.74) is 6.71. The first-order valence-corrected chi connectivity index (χ1v) is 7.40. The van der Waals surface area contributed by atoms with E-state index in [0.717, 1.165) is 31.4 Å². The summed E-state index contributed by atoms with van der Waals surface area (Å²) in [6.07, 6.45) is 3.60. The molecule has 0 aromatic heterocycles. The Kier molecular flexibility index (Phi) is 5.44. The predicted octanol–water partition coefficient (Wildman–Crippen LogP) is 1.59. The minimum Gasteiger partial charge on any atom is -0.493 e. The lowest BCUT2D eigenvalue weighted by molar-refractivity contribution is -0.133. The van der Waals surface area contributed by atoms with Gasteiger partial charge in [-0.3, -0.25) is 4.79 Å². The van der Waals surface area contributed by atoms with Crippen LogP contribution in [0.2, 0.25) is 0 Å². The van der Waals surface area contributed by atoms with Gasteiger partial charge in [-0.15, -0.1) is 0 Å². The van der Waals surface area contributed by atoms with E-state index < -0.39 is 0 Å². The second-order valence-corrected chi connectivity index (χ2v) is 5.34. The van der Waals surface area contributed by atoms with Gasteiger partial charge in [-0.05, 0) is 37.0 Å². The SMILES string of the molecule is COc1ccc(CC(=O)N2CCCCC2CN)cc1OC. The molecule has 1 saturated heterocycles. The van der Waals surface area contributed by atoms with Crippen molar-refractivity contribution in [2.75, 3.05) is 27.3 Å². The van der Waals surface area contributed by atoms with Crippen LogP contribution in [0.1, 0.15) is 24.8 Å². The lowest BCUT2D eigenvalue weighted by Crippen LogP contribution is -2.48. The van der Waals surface area contributed by atoms with E-state index in [4.69, 9.17) is 15.2 Å². The fourth-order valence-corrected chi connectivity index (χ4v) is 2.84. The molecule has 0 bridgehead atoms. The van der Waals surface area contributed by atoms with Crippen molar-refractivity contribution in [1.29, 1.82) is 0 Å². The third kappa shape index (κ3) is 3.67. The highest BCUT2D eigenvalue weighted by Crippen LogP contribution is 2.28.